The molecule has 128 valence electrons. The van der Waals surface area contributed by atoms with E-state index in [1.54, 1.807) is 6.07 Å². The van der Waals surface area contributed by atoms with E-state index in [2.05, 4.69) is 10.3 Å². The van der Waals surface area contributed by atoms with Crippen molar-refractivity contribution in [1.82, 2.24) is 9.55 Å². The molecule has 2 heterocycles. The minimum Gasteiger partial charge on any atom is -0.492 e. The monoisotopic (exact) mass is 355 g/mol. The van der Waals surface area contributed by atoms with Gasteiger partial charge in [0.2, 0.25) is 11.9 Å². The Bertz CT molecular complexity index is 951. The van der Waals surface area contributed by atoms with Gasteiger partial charge >= 0.3 is 0 Å². The molecule has 0 radical (unpaired) electrons. The number of rotatable bonds is 3. The van der Waals surface area contributed by atoms with Crippen molar-refractivity contribution in [3.05, 3.63) is 53.1 Å². The van der Waals surface area contributed by atoms with Gasteiger partial charge in [0.25, 0.3) is 0 Å². The lowest BCUT2D eigenvalue weighted by Crippen LogP contribution is -2.33. The van der Waals surface area contributed by atoms with Crippen LogP contribution in [-0.2, 0) is 17.8 Å². The fourth-order valence-electron chi connectivity index (χ4n) is 3.23. The number of hydrogen-bond acceptors (Lipinski definition) is 3. The summed E-state index contributed by atoms with van der Waals surface area (Å²) in [6.07, 6.45) is 0.605. The standard InChI is InChI=1S/C19H18ClN3O2/c1-2-23-16-6-4-3-5-15(16)21-19(23)22-18(24)13-9-12-10-14(20)7-8-17(12)25-11-13/h3-8,10,13H,2,9,11H2,1H3,(H,21,22,24)/t13-/m0/s1. The second-order valence-corrected chi connectivity index (χ2v) is 6.56. The second kappa shape index (κ2) is 6.41. The zero-order valence-corrected chi connectivity index (χ0v) is 14.6. The first-order valence-corrected chi connectivity index (χ1v) is 8.71. The summed E-state index contributed by atoms with van der Waals surface area (Å²) >= 11 is 6.05. The van der Waals surface area contributed by atoms with Crippen molar-refractivity contribution in [2.75, 3.05) is 11.9 Å². The SMILES string of the molecule is CCn1c(NC(=O)[C@@H]2COc3ccc(Cl)cc3C2)nc2ccccc21. The predicted molar refractivity (Wildman–Crippen MR) is 98.2 cm³/mol. The zero-order valence-electron chi connectivity index (χ0n) is 13.8. The number of nitrogens with one attached hydrogen (secondary N) is 1. The van der Waals surface area contributed by atoms with E-state index in [0.29, 0.717) is 24.0 Å². The molecule has 1 N–H and O–H groups in total. The first kappa shape index (κ1) is 16.0. The number of para-hydroxylation sites is 2. The number of anilines is 1. The number of benzene rings is 2. The van der Waals surface area contributed by atoms with Crippen molar-refractivity contribution in [1.29, 1.82) is 0 Å². The molecule has 1 aliphatic rings. The molecule has 25 heavy (non-hydrogen) atoms. The number of nitrogens with zero attached hydrogens (tertiary/aromatic N) is 2. The van der Waals surface area contributed by atoms with Gasteiger partial charge in [0.15, 0.2) is 0 Å². The largest absolute Gasteiger partial charge is 0.492 e. The fraction of sp³-hybridized carbons (Fsp3) is 0.263. The topological polar surface area (TPSA) is 56.2 Å². The molecule has 1 aliphatic heterocycles. The van der Waals surface area contributed by atoms with Crippen LogP contribution in [0.3, 0.4) is 0 Å². The summed E-state index contributed by atoms with van der Waals surface area (Å²) in [5, 5.41) is 3.62. The summed E-state index contributed by atoms with van der Waals surface area (Å²) in [4.78, 5) is 17.3. The number of amides is 1. The molecule has 5 nitrogen and oxygen atoms in total. The van der Waals surface area contributed by atoms with Gasteiger partial charge in [-0.25, -0.2) is 4.98 Å². The highest BCUT2D eigenvalue weighted by atomic mass is 35.5. The molecule has 0 aliphatic carbocycles. The molecule has 0 bridgehead atoms. The molecule has 0 unspecified atom stereocenters. The van der Waals surface area contributed by atoms with Crippen molar-refractivity contribution in [3.63, 3.8) is 0 Å². The molecule has 0 spiro atoms. The lowest BCUT2D eigenvalue weighted by atomic mass is 9.96. The molecular formula is C19H18ClN3O2. The van der Waals surface area contributed by atoms with Crippen LogP contribution >= 0.6 is 11.6 Å². The first-order chi connectivity index (χ1) is 12.2. The predicted octanol–water partition coefficient (Wildman–Crippen LogP) is 3.90. The van der Waals surface area contributed by atoms with Gasteiger partial charge in [0.1, 0.15) is 12.4 Å². The Morgan fingerprint density at radius 1 is 1.36 bits per heavy atom. The lowest BCUT2D eigenvalue weighted by Gasteiger charge is -2.24. The summed E-state index contributed by atoms with van der Waals surface area (Å²) in [6, 6.07) is 13.4. The average molecular weight is 356 g/mol. The Labute approximate surface area is 150 Å². The lowest BCUT2D eigenvalue weighted by molar-refractivity contribution is -0.121. The third-order valence-corrected chi connectivity index (χ3v) is 4.74. The Morgan fingerprint density at radius 3 is 3.04 bits per heavy atom. The van der Waals surface area contributed by atoms with Crippen molar-refractivity contribution < 1.29 is 9.53 Å². The number of ether oxygens (including phenoxy) is 1. The molecule has 6 heteroatoms. The van der Waals surface area contributed by atoms with E-state index >= 15 is 0 Å². The molecule has 0 fully saturated rings. The van der Waals surface area contributed by atoms with Gasteiger partial charge < -0.3 is 9.30 Å². The first-order valence-electron chi connectivity index (χ1n) is 8.33. The fourth-order valence-corrected chi connectivity index (χ4v) is 3.43. The minimum atomic E-state index is -0.268. The van der Waals surface area contributed by atoms with Gasteiger partial charge in [-0.1, -0.05) is 23.7 Å². The molecule has 0 saturated heterocycles. The quantitative estimate of drug-likeness (QED) is 0.775. The summed E-state index contributed by atoms with van der Waals surface area (Å²) in [7, 11) is 0. The van der Waals surface area contributed by atoms with E-state index < -0.39 is 0 Å². The summed E-state index contributed by atoms with van der Waals surface area (Å²) < 4.78 is 7.72. The molecule has 1 atom stereocenters. The highest BCUT2D eigenvalue weighted by Gasteiger charge is 2.27. The van der Waals surface area contributed by atoms with Crippen LogP contribution < -0.4 is 10.1 Å². The normalized spacial score (nSPS) is 16.3. The number of imidazole rings is 1. The van der Waals surface area contributed by atoms with Crippen LogP contribution in [0, 0.1) is 5.92 Å². The van der Waals surface area contributed by atoms with E-state index in [1.165, 1.54) is 0 Å². The smallest absolute Gasteiger partial charge is 0.233 e. The Morgan fingerprint density at radius 2 is 2.20 bits per heavy atom. The van der Waals surface area contributed by atoms with Crippen LogP contribution in [0.4, 0.5) is 5.95 Å². The van der Waals surface area contributed by atoms with Gasteiger partial charge in [-0.2, -0.15) is 0 Å². The van der Waals surface area contributed by atoms with E-state index in [9.17, 15) is 4.79 Å². The zero-order chi connectivity index (χ0) is 17.4. The van der Waals surface area contributed by atoms with E-state index in [0.717, 1.165) is 28.9 Å². The summed E-state index contributed by atoms with van der Waals surface area (Å²) in [5.41, 5.74) is 2.84. The van der Waals surface area contributed by atoms with Crippen molar-refractivity contribution in [2.24, 2.45) is 5.92 Å². The molecule has 3 aromatic rings. The van der Waals surface area contributed by atoms with Gasteiger partial charge in [-0.15, -0.1) is 0 Å². The number of halogens is 1. The molecule has 4 rings (SSSR count). The third-order valence-electron chi connectivity index (χ3n) is 4.51. The molecular weight excluding hydrogens is 338 g/mol. The number of carbonyl (C=O) groups excluding carboxylic acids is 1. The number of hydrogen-bond donors (Lipinski definition) is 1. The van der Waals surface area contributed by atoms with E-state index in [1.807, 2.05) is 47.9 Å². The average Bonchev–Trinajstić information content (AvgIpc) is 2.97. The van der Waals surface area contributed by atoms with Gasteiger partial charge in [-0.05, 0) is 49.2 Å². The van der Waals surface area contributed by atoms with Crippen LogP contribution in [0.2, 0.25) is 5.02 Å². The highest BCUT2D eigenvalue weighted by Crippen LogP contribution is 2.30. The Balaban J connectivity index is 1.57. The van der Waals surface area contributed by atoms with Crippen LogP contribution in [-0.4, -0.2) is 22.1 Å². The van der Waals surface area contributed by atoms with Gasteiger partial charge in [0, 0.05) is 11.6 Å². The summed E-state index contributed by atoms with van der Waals surface area (Å²) in [5.74, 6) is 1.02. The van der Waals surface area contributed by atoms with Gasteiger partial charge in [-0.3, -0.25) is 10.1 Å². The molecule has 0 saturated carbocycles. The maximum Gasteiger partial charge on any atom is 0.233 e. The minimum absolute atomic E-state index is 0.0874. The number of aryl methyl sites for hydroxylation is 1. The second-order valence-electron chi connectivity index (χ2n) is 6.12. The van der Waals surface area contributed by atoms with Crippen LogP contribution in [0.5, 0.6) is 5.75 Å². The highest BCUT2D eigenvalue weighted by molar-refractivity contribution is 6.30. The van der Waals surface area contributed by atoms with Gasteiger partial charge in [0.05, 0.1) is 17.0 Å². The van der Waals surface area contributed by atoms with Crippen LogP contribution in [0.25, 0.3) is 11.0 Å². The Kier molecular flexibility index (Phi) is 4.09. The molecule has 1 aromatic heterocycles. The third kappa shape index (κ3) is 2.96. The number of aromatic nitrogens is 2. The van der Waals surface area contributed by atoms with Crippen molar-refractivity contribution in [2.45, 2.75) is 19.9 Å². The van der Waals surface area contributed by atoms with E-state index in [-0.39, 0.29) is 11.8 Å². The van der Waals surface area contributed by atoms with Crippen LogP contribution in [0.15, 0.2) is 42.5 Å². The Hall–Kier alpha value is -2.53. The maximum absolute atomic E-state index is 12.7. The molecule has 2 aromatic carbocycles. The number of carbonyl (C=O) groups is 1. The van der Waals surface area contributed by atoms with Crippen molar-refractivity contribution >= 4 is 34.5 Å². The van der Waals surface area contributed by atoms with E-state index in [4.69, 9.17) is 16.3 Å². The van der Waals surface area contributed by atoms with Crippen LogP contribution in [0.1, 0.15) is 12.5 Å². The summed E-state index contributed by atoms with van der Waals surface area (Å²) in [6.45, 7) is 3.12. The number of fused-ring (bicyclic) bond motifs is 2. The molecule has 1 amide bonds. The van der Waals surface area contributed by atoms with Crippen molar-refractivity contribution in [3.8, 4) is 5.75 Å². The maximum atomic E-state index is 12.7.